The van der Waals surface area contributed by atoms with Crippen LogP contribution in [-0.4, -0.2) is 30.7 Å². The number of alkyl carbamates (subject to hydrolysis) is 1. The van der Waals surface area contributed by atoms with Gasteiger partial charge in [0, 0.05) is 5.92 Å². The topological polar surface area (TPSA) is 90.9 Å². The molecule has 4 aromatic rings. The van der Waals surface area contributed by atoms with E-state index in [4.69, 9.17) is 9.47 Å². The molecule has 5 rings (SSSR count). The molecule has 0 saturated heterocycles. The molecule has 7 nitrogen and oxygen atoms in total. The van der Waals surface area contributed by atoms with Crippen LogP contribution in [0.2, 0.25) is 0 Å². The first kappa shape index (κ1) is 30.2. The minimum atomic E-state index is -2.46. The number of fused-ring (bicyclic) bond motifs is 3. The largest absolute Gasteiger partial charge is 0.461 e. The molecule has 0 spiro atoms. The lowest BCUT2D eigenvalue weighted by atomic mass is 9.98. The second-order valence-corrected chi connectivity index (χ2v) is 9.69. The number of amides is 1. The van der Waals surface area contributed by atoms with Gasteiger partial charge in [-0.2, -0.15) is 8.78 Å². The van der Waals surface area contributed by atoms with Gasteiger partial charge in [-0.25, -0.2) is 22.8 Å². The molecule has 0 bridgehead atoms. The lowest BCUT2D eigenvalue weighted by Gasteiger charge is -2.19. The van der Waals surface area contributed by atoms with Crippen molar-refractivity contribution in [1.82, 2.24) is 5.32 Å². The minimum absolute atomic E-state index is 0.197. The van der Waals surface area contributed by atoms with Crippen LogP contribution in [0.1, 0.15) is 29.0 Å². The Morgan fingerprint density at radius 3 is 1.80 bits per heavy atom. The Hall–Kier alpha value is -5.26. The van der Waals surface area contributed by atoms with E-state index in [0.717, 1.165) is 22.3 Å². The van der Waals surface area contributed by atoms with Crippen LogP contribution in [0.25, 0.3) is 11.1 Å². The highest BCUT2D eigenvalue weighted by Crippen LogP contribution is 2.44. The maximum absolute atomic E-state index is 14.2. The number of hydrogen-bond donors (Lipinski definition) is 1. The Bertz CT molecular complexity index is 1660. The summed E-state index contributed by atoms with van der Waals surface area (Å²) in [5.41, 5.74) is 4.25. The Morgan fingerprint density at radius 2 is 1.20 bits per heavy atom. The maximum atomic E-state index is 14.2. The van der Waals surface area contributed by atoms with Crippen molar-refractivity contribution in [2.75, 3.05) is 6.61 Å². The highest BCUT2D eigenvalue weighted by atomic mass is 19.2. The zero-order chi connectivity index (χ0) is 31.4. The third-order valence-corrected chi connectivity index (χ3v) is 6.91. The monoisotopic (exact) mass is 611 g/mol. The molecule has 0 radical (unpaired) electrons. The molecule has 226 valence electrons. The highest BCUT2D eigenvalue weighted by molar-refractivity contribution is 5.87. The minimum Gasteiger partial charge on any atom is -0.461 e. The van der Waals surface area contributed by atoms with Gasteiger partial charge in [0.05, 0.1) is 6.42 Å². The number of esters is 2. The third kappa shape index (κ3) is 6.24. The van der Waals surface area contributed by atoms with Crippen LogP contribution in [0.4, 0.5) is 26.7 Å². The fourth-order valence-corrected chi connectivity index (χ4v) is 4.79. The predicted molar refractivity (Wildman–Crippen MR) is 145 cm³/mol. The Balaban J connectivity index is 1.32. The fraction of sp³-hybridized carbons (Fsp3) is 0.156. The summed E-state index contributed by atoms with van der Waals surface area (Å²) >= 11 is 0. The Kier molecular flexibility index (Phi) is 8.88. The van der Waals surface area contributed by atoms with E-state index in [-0.39, 0.29) is 19.1 Å². The first-order valence-corrected chi connectivity index (χ1v) is 13.2. The van der Waals surface area contributed by atoms with E-state index >= 15 is 0 Å². The molecular formula is C32H22F5NO6. The molecule has 1 N–H and O–H groups in total. The van der Waals surface area contributed by atoms with Crippen LogP contribution in [0, 0.1) is 29.1 Å². The average Bonchev–Trinajstić information content (AvgIpc) is 3.36. The van der Waals surface area contributed by atoms with Gasteiger partial charge < -0.3 is 19.5 Å². The van der Waals surface area contributed by atoms with E-state index in [1.165, 1.54) is 0 Å². The van der Waals surface area contributed by atoms with Crippen molar-refractivity contribution in [2.24, 2.45) is 0 Å². The number of nitrogens with one attached hydrogen (secondary N) is 1. The SMILES string of the molecule is O=C(CC(NC(=O)OCC1c2ccccc2-c2ccccc21)C(=O)Oc1c(F)c(F)c(F)c(F)c1F)OCc1ccccc1. The van der Waals surface area contributed by atoms with Gasteiger partial charge in [0.1, 0.15) is 19.3 Å². The summed E-state index contributed by atoms with van der Waals surface area (Å²) in [6.07, 6.45) is -2.15. The predicted octanol–water partition coefficient (Wildman–Crippen LogP) is 6.33. The molecule has 0 heterocycles. The van der Waals surface area contributed by atoms with Gasteiger partial charge in [-0.1, -0.05) is 78.9 Å². The first-order valence-electron chi connectivity index (χ1n) is 13.2. The lowest BCUT2D eigenvalue weighted by Crippen LogP contribution is -2.45. The fourth-order valence-electron chi connectivity index (χ4n) is 4.79. The van der Waals surface area contributed by atoms with Crippen LogP contribution in [0.5, 0.6) is 5.75 Å². The quantitative estimate of drug-likeness (QED) is 0.0783. The number of halogens is 5. The summed E-state index contributed by atoms with van der Waals surface area (Å²) in [6.45, 7) is -0.415. The summed E-state index contributed by atoms with van der Waals surface area (Å²) in [7, 11) is 0. The van der Waals surface area contributed by atoms with Crippen LogP contribution in [-0.2, 0) is 25.7 Å². The smallest absolute Gasteiger partial charge is 0.407 e. The summed E-state index contributed by atoms with van der Waals surface area (Å²) in [4.78, 5) is 38.3. The van der Waals surface area contributed by atoms with E-state index in [2.05, 4.69) is 10.1 Å². The van der Waals surface area contributed by atoms with Crippen LogP contribution in [0.3, 0.4) is 0 Å². The normalized spacial score (nSPS) is 12.6. The Morgan fingerprint density at radius 1 is 0.682 bits per heavy atom. The molecule has 1 amide bonds. The van der Waals surface area contributed by atoms with Gasteiger partial charge in [-0.3, -0.25) is 4.79 Å². The molecule has 0 aliphatic heterocycles. The van der Waals surface area contributed by atoms with Gasteiger partial charge in [0.15, 0.2) is 0 Å². The molecule has 1 aliphatic rings. The number of carbonyl (C=O) groups excluding carboxylic acids is 3. The summed E-state index contributed by atoms with van der Waals surface area (Å²) in [5.74, 6) is -17.0. The highest BCUT2D eigenvalue weighted by Gasteiger charge is 2.34. The van der Waals surface area contributed by atoms with Crippen molar-refractivity contribution >= 4 is 18.0 Å². The van der Waals surface area contributed by atoms with Gasteiger partial charge in [0.2, 0.25) is 34.8 Å². The molecule has 0 aromatic heterocycles. The number of benzene rings is 4. The Labute approximate surface area is 247 Å². The number of rotatable bonds is 9. The lowest BCUT2D eigenvalue weighted by molar-refractivity contribution is -0.149. The molecule has 0 fully saturated rings. The van der Waals surface area contributed by atoms with E-state index < -0.39 is 65.3 Å². The number of carbonyl (C=O) groups is 3. The molecule has 4 aromatic carbocycles. The third-order valence-electron chi connectivity index (χ3n) is 6.91. The van der Waals surface area contributed by atoms with Crippen molar-refractivity contribution in [3.8, 4) is 16.9 Å². The zero-order valence-corrected chi connectivity index (χ0v) is 22.6. The number of ether oxygens (including phenoxy) is 3. The van der Waals surface area contributed by atoms with Gasteiger partial charge in [0.25, 0.3) is 0 Å². The van der Waals surface area contributed by atoms with Crippen molar-refractivity contribution in [1.29, 1.82) is 0 Å². The molecule has 1 aliphatic carbocycles. The standard InChI is InChI=1S/C32H22F5NO6/c33-25-26(34)28(36)30(29(37)27(25)35)44-31(40)23(14-24(39)42-15-17-8-2-1-3-9-17)38-32(41)43-16-22-20-12-6-4-10-18(20)19-11-5-7-13-21(19)22/h1-13,22-23H,14-16H2,(H,38,41). The van der Waals surface area contributed by atoms with Crippen molar-refractivity contribution in [3.05, 3.63) is 125 Å². The van der Waals surface area contributed by atoms with E-state index in [1.54, 1.807) is 30.3 Å². The second-order valence-electron chi connectivity index (χ2n) is 9.69. The van der Waals surface area contributed by atoms with E-state index in [1.807, 2.05) is 48.5 Å². The van der Waals surface area contributed by atoms with Gasteiger partial charge >= 0.3 is 18.0 Å². The van der Waals surface area contributed by atoms with Crippen molar-refractivity contribution < 1.29 is 50.5 Å². The summed E-state index contributed by atoms with van der Waals surface area (Å²) in [6, 6.07) is 21.4. The molecular weight excluding hydrogens is 589 g/mol. The van der Waals surface area contributed by atoms with Crippen LogP contribution >= 0.6 is 0 Å². The molecule has 1 unspecified atom stereocenters. The van der Waals surface area contributed by atoms with Crippen molar-refractivity contribution in [2.45, 2.75) is 25.0 Å². The first-order chi connectivity index (χ1) is 21.2. The summed E-state index contributed by atoms with van der Waals surface area (Å²) < 4.78 is 84.1. The average molecular weight is 612 g/mol. The zero-order valence-electron chi connectivity index (χ0n) is 22.6. The molecule has 44 heavy (non-hydrogen) atoms. The van der Waals surface area contributed by atoms with Crippen molar-refractivity contribution in [3.63, 3.8) is 0 Å². The van der Waals surface area contributed by atoms with Crippen LogP contribution < -0.4 is 10.1 Å². The second kappa shape index (κ2) is 12.9. The van der Waals surface area contributed by atoms with E-state index in [0.29, 0.717) is 5.56 Å². The molecule has 0 saturated carbocycles. The maximum Gasteiger partial charge on any atom is 0.407 e. The summed E-state index contributed by atoms with van der Waals surface area (Å²) in [5, 5.41) is 2.07. The van der Waals surface area contributed by atoms with Gasteiger partial charge in [-0.05, 0) is 27.8 Å². The van der Waals surface area contributed by atoms with E-state index in [9.17, 15) is 36.3 Å². The molecule has 12 heteroatoms. The number of hydrogen-bond acceptors (Lipinski definition) is 6. The molecule has 1 atom stereocenters. The van der Waals surface area contributed by atoms with Gasteiger partial charge in [-0.15, -0.1) is 0 Å². The van der Waals surface area contributed by atoms with Crippen LogP contribution in [0.15, 0.2) is 78.9 Å².